The van der Waals surface area contributed by atoms with Gasteiger partial charge in [-0.05, 0) is 31.2 Å². The summed E-state index contributed by atoms with van der Waals surface area (Å²) in [5, 5.41) is 12.5. The second kappa shape index (κ2) is 7.85. The molecule has 2 aliphatic rings. The van der Waals surface area contributed by atoms with Crippen molar-refractivity contribution in [2.75, 3.05) is 13.1 Å². The van der Waals surface area contributed by atoms with Crippen molar-refractivity contribution in [1.29, 1.82) is 0 Å². The molecular formula is C24H25N5O3. The Labute approximate surface area is 186 Å². The number of rotatable bonds is 3. The highest BCUT2D eigenvalue weighted by Crippen LogP contribution is 2.39. The third kappa shape index (κ3) is 3.88. The number of aryl methyl sites for hydroxylation is 2. The molecule has 0 bridgehead atoms. The Morgan fingerprint density at radius 1 is 1.06 bits per heavy atom. The van der Waals surface area contributed by atoms with E-state index in [9.17, 15) is 9.59 Å². The molecule has 0 radical (unpaired) electrons. The van der Waals surface area contributed by atoms with Gasteiger partial charge in [0, 0.05) is 31.5 Å². The van der Waals surface area contributed by atoms with Crippen LogP contribution in [0.15, 0.2) is 42.5 Å². The summed E-state index contributed by atoms with van der Waals surface area (Å²) in [4.78, 5) is 28.7. The Hall–Kier alpha value is -3.55. The zero-order valence-electron chi connectivity index (χ0n) is 18.2. The van der Waals surface area contributed by atoms with Gasteiger partial charge in [-0.2, -0.15) is 4.80 Å². The largest absolute Gasteiger partial charge is 0.486 e. The summed E-state index contributed by atoms with van der Waals surface area (Å²) in [5.41, 5.74) is 3.20. The molecule has 0 saturated carbocycles. The van der Waals surface area contributed by atoms with Gasteiger partial charge in [0.15, 0.2) is 5.78 Å². The normalized spacial score (nSPS) is 17.2. The predicted octanol–water partition coefficient (Wildman–Crippen LogP) is 2.98. The van der Waals surface area contributed by atoms with Crippen molar-refractivity contribution in [2.24, 2.45) is 0 Å². The average Bonchev–Trinajstić information content (AvgIpc) is 3.24. The van der Waals surface area contributed by atoms with Crippen molar-refractivity contribution >= 4 is 11.7 Å². The molecule has 164 valence electrons. The molecule has 0 aliphatic carbocycles. The number of benzene rings is 2. The third-order valence-corrected chi connectivity index (χ3v) is 6.31. The molecule has 0 atom stereocenters. The van der Waals surface area contributed by atoms with E-state index in [4.69, 9.17) is 4.74 Å². The molecule has 32 heavy (non-hydrogen) atoms. The van der Waals surface area contributed by atoms with Gasteiger partial charge in [0.05, 0.1) is 12.0 Å². The molecular weight excluding hydrogens is 406 g/mol. The predicted molar refractivity (Wildman–Crippen MR) is 117 cm³/mol. The van der Waals surface area contributed by atoms with Crippen LogP contribution < -0.4 is 4.74 Å². The maximum absolute atomic E-state index is 12.8. The fraction of sp³-hybridized carbons (Fsp3) is 0.375. The lowest BCUT2D eigenvalue weighted by atomic mass is 9.82. The van der Waals surface area contributed by atoms with Crippen molar-refractivity contribution in [3.63, 3.8) is 0 Å². The molecule has 1 amide bonds. The first-order chi connectivity index (χ1) is 15.4. The summed E-state index contributed by atoms with van der Waals surface area (Å²) in [6.07, 6.45) is 1.60. The number of fused-ring (bicyclic) bond motifs is 1. The molecule has 2 aliphatic heterocycles. The first-order valence-electron chi connectivity index (χ1n) is 10.9. The van der Waals surface area contributed by atoms with Crippen LogP contribution in [-0.2, 0) is 11.3 Å². The minimum Gasteiger partial charge on any atom is -0.486 e. The minimum absolute atomic E-state index is 0.0355. The Morgan fingerprint density at radius 2 is 1.78 bits per heavy atom. The lowest BCUT2D eigenvalue weighted by Crippen LogP contribution is -2.52. The van der Waals surface area contributed by atoms with Gasteiger partial charge in [0.25, 0.3) is 0 Å². The van der Waals surface area contributed by atoms with E-state index in [0.717, 1.165) is 16.7 Å². The topological polar surface area (TPSA) is 90.2 Å². The van der Waals surface area contributed by atoms with Gasteiger partial charge in [-0.15, -0.1) is 10.2 Å². The van der Waals surface area contributed by atoms with E-state index in [1.807, 2.05) is 56.3 Å². The number of Topliss-reactive ketones (excluding diaryl/α,β-unsaturated/α-hetero) is 1. The number of ketones is 1. The van der Waals surface area contributed by atoms with Crippen LogP contribution in [0.4, 0.5) is 0 Å². The van der Waals surface area contributed by atoms with Gasteiger partial charge < -0.3 is 9.64 Å². The van der Waals surface area contributed by atoms with Crippen molar-refractivity contribution in [3.8, 4) is 17.1 Å². The number of tetrazole rings is 1. The number of likely N-dealkylation sites (tertiary alicyclic amines) is 1. The van der Waals surface area contributed by atoms with Crippen molar-refractivity contribution < 1.29 is 14.3 Å². The summed E-state index contributed by atoms with van der Waals surface area (Å²) in [6, 6.07) is 13.6. The van der Waals surface area contributed by atoms with Crippen LogP contribution in [0.5, 0.6) is 5.75 Å². The highest BCUT2D eigenvalue weighted by molar-refractivity contribution is 6.00. The fourth-order valence-electron chi connectivity index (χ4n) is 4.40. The number of nitrogens with zero attached hydrogens (tertiary/aromatic N) is 5. The first-order valence-corrected chi connectivity index (χ1v) is 10.9. The quantitative estimate of drug-likeness (QED) is 0.633. The molecule has 2 aromatic carbocycles. The van der Waals surface area contributed by atoms with Gasteiger partial charge in [0.2, 0.25) is 11.7 Å². The standard InChI is InChI=1S/C24H25N5O3/c1-16-3-6-18(7-4-16)23-25-27-29(26-23)15-22(31)28-11-9-24(10-12-28)14-20(30)19-13-17(2)5-8-21(19)32-24/h3-8,13H,9-12,14-15H2,1-2H3. The van der Waals surface area contributed by atoms with E-state index in [-0.39, 0.29) is 18.2 Å². The van der Waals surface area contributed by atoms with E-state index in [1.165, 1.54) is 4.80 Å². The maximum Gasteiger partial charge on any atom is 0.246 e. The molecule has 5 rings (SSSR count). The molecule has 1 saturated heterocycles. The summed E-state index contributed by atoms with van der Waals surface area (Å²) in [7, 11) is 0. The summed E-state index contributed by atoms with van der Waals surface area (Å²) in [5.74, 6) is 1.21. The number of carbonyl (C=O) groups is 2. The molecule has 1 spiro atoms. The van der Waals surface area contributed by atoms with E-state index in [0.29, 0.717) is 49.5 Å². The second-order valence-corrected chi connectivity index (χ2v) is 8.77. The summed E-state index contributed by atoms with van der Waals surface area (Å²) >= 11 is 0. The lowest BCUT2D eigenvalue weighted by Gasteiger charge is -2.44. The fourth-order valence-corrected chi connectivity index (χ4v) is 4.40. The Bertz CT molecular complexity index is 1180. The van der Waals surface area contributed by atoms with Crippen LogP contribution in [0, 0.1) is 13.8 Å². The van der Waals surface area contributed by atoms with Gasteiger partial charge in [0.1, 0.15) is 17.9 Å². The molecule has 1 fully saturated rings. The number of hydrogen-bond donors (Lipinski definition) is 0. The summed E-state index contributed by atoms with van der Waals surface area (Å²) in [6.45, 7) is 5.09. The molecule has 0 unspecified atom stereocenters. The Morgan fingerprint density at radius 3 is 2.53 bits per heavy atom. The van der Waals surface area contributed by atoms with Crippen LogP contribution in [0.3, 0.4) is 0 Å². The van der Waals surface area contributed by atoms with Crippen LogP contribution in [0.25, 0.3) is 11.4 Å². The first kappa shape index (κ1) is 20.4. The van der Waals surface area contributed by atoms with Crippen LogP contribution in [-0.4, -0.2) is 55.5 Å². The van der Waals surface area contributed by atoms with Crippen molar-refractivity contribution in [2.45, 2.75) is 45.3 Å². The molecule has 1 aromatic heterocycles. The molecule has 3 heterocycles. The number of carbonyl (C=O) groups excluding carboxylic acids is 2. The van der Waals surface area contributed by atoms with Gasteiger partial charge in [-0.1, -0.05) is 41.5 Å². The minimum atomic E-state index is -0.528. The zero-order valence-corrected chi connectivity index (χ0v) is 18.2. The number of hydrogen-bond acceptors (Lipinski definition) is 6. The number of ether oxygens (including phenoxy) is 1. The van der Waals surface area contributed by atoms with E-state index < -0.39 is 5.60 Å². The van der Waals surface area contributed by atoms with E-state index in [2.05, 4.69) is 15.4 Å². The van der Waals surface area contributed by atoms with E-state index >= 15 is 0 Å². The lowest BCUT2D eigenvalue weighted by molar-refractivity contribution is -0.135. The number of aromatic nitrogens is 4. The van der Waals surface area contributed by atoms with Gasteiger partial charge >= 0.3 is 0 Å². The summed E-state index contributed by atoms with van der Waals surface area (Å²) < 4.78 is 6.29. The van der Waals surface area contributed by atoms with Gasteiger partial charge in [-0.25, -0.2) is 0 Å². The SMILES string of the molecule is Cc1ccc(-c2nnn(CC(=O)N3CCC4(CC3)CC(=O)c3cc(C)ccc3O4)n2)cc1. The zero-order chi connectivity index (χ0) is 22.3. The monoisotopic (exact) mass is 431 g/mol. The van der Waals surface area contributed by atoms with Crippen LogP contribution >= 0.6 is 0 Å². The second-order valence-electron chi connectivity index (χ2n) is 8.77. The number of amides is 1. The maximum atomic E-state index is 12.8. The highest BCUT2D eigenvalue weighted by Gasteiger charge is 2.43. The van der Waals surface area contributed by atoms with Crippen LogP contribution in [0.1, 0.15) is 40.7 Å². The Kier molecular flexibility index (Phi) is 5.00. The van der Waals surface area contributed by atoms with Crippen molar-refractivity contribution in [3.05, 3.63) is 59.2 Å². The molecule has 0 N–H and O–H groups in total. The smallest absolute Gasteiger partial charge is 0.246 e. The average molecular weight is 431 g/mol. The van der Waals surface area contributed by atoms with Crippen LogP contribution in [0.2, 0.25) is 0 Å². The number of piperidine rings is 1. The van der Waals surface area contributed by atoms with E-state index in [1.54, 1.807) is 4.90 Å². The third-order valence-electron chi connectivity index (χ3n) is 6.31. The molecule has 8 heteroatoms. The van der Waals surface area contributed by atoms with Gasteiger partial charge in [-0.3, -0.25) is 9.59 Å². The highest BCUT2D eigenvalue weighted by atomic mass is 16.5. The van der Waals surface area contributed by atoms with Crippen molar-refractivity contribution in [1.82, 2.24) is 25.1 Å². The molecule has 3 aromatic rings. The molecule has 8 nitrogen and oxygen atoms in total. The Balaban J connectivity index is 1.21.